The van der Waals surface area contributed by atoms with Crippen molar-refractivity contribution >= 4 is 117 Å². The van der Waals surface area contributed by atoms with Crippen LogP contribution in [0.4, 0.5) is 51.2 Å². The second-order valence-electron chi connectivity index (χ2n) is 28.7. The molecule has 6 heteroatoms. The molecule has 0 unspecified atom stereocenters. The molecule has 8 aromatic carbocycles. The van der Waals surface area contributed by atoms with Crippen LogP contribution in [0.2, 0.25) is 0 Å². The van der Waals surface area contributed by atoms with Gasteiger partial charge in [-0.3, -0.25) is 0 Å². The zero-order chi connectivity index (χ0) is 55.8. The first-order valence-corrected chi connectivity index (χ1v) is 30.3. The van der Waals surface area contributed by atoms with Crippen molar-refractivity contribution in [3.05, 3.63) is 191 Å². The number of hydrogen-bond acceptors (Lipinski definition) is 5. The van der Waals surface area contributed by atoms with Crippen molar-refractivity contribution in [2.75, 3.05) is 14.7 Å². The normalized spacial score (nSPS) is 17.5. The Kier molecular flexibility index (Phi) is 11.0. The highest BCUT2D eigenvalue weighted by Crippen LogP contribution is 2.56. The average Bonchev–Trinajstić information content (AvgIpc) is 1.96. The van der Waals surface area contributed by atoms with E-state index >= 15 is 0 Å². The van der Waals surface area contributed by atoms with Gasteiger partial charge in [0.25, 0.3) is 6.71 Å². The molecule has 80 heavy (non-hydrogen) atoms. The van der Waals surface area contributed by atoms with Crippen LogP contribution in [-0.4, -0.2) is 6.71 Å². The molecule has 402 valence electrons. The lowest BCUT2D eigenvalue weighted by Crippen LogP contribution is -2.60. The lowest BCUT2D eigenvalue weighted by molar-refractivity contribution is 0.332. The van der Waals surface area contributed by atoms with Crippen LogP contribution in [-0.2, 0) is 32.5 Å². The fraction of sp³-hybridized carbons (Fsp3) is 0.324. The van der Waals surface area contributed by atoms with Crippen molar-refractivity contribution < 1.29 is 4.42 Å². The largest absolute Gasteiger partial charge is 0.456 e. The Morgan fingerprint density at radius 2 is 1.02 bits per heavy atom. The van der Waals surface area contributed by atoms with Gasteiger partial charge in [-0.15, -0.1) is 11.3 Å². The number of hydrogen-bond donors (Lipinski definition) is 0. The lowest BCUT2D eigenvalue weighted by Gasteiger charge is -2.45. The molecule has 4 heterocycles. The van der Waals surface area contributed by atoms with Crippen LogP contribution in [0.3, 0.4) is 0 Å². The van der Waals surface area contributed by atoms with Crippen LogP contribution in [0.25, 0.3) is 32.0 Å². The molecule has 0 N–H and O–H groups in total. The summed E-state index contributed by atoms with van der Waals surface area (Å²) in [6, 6.07) is 61.0. The first kappa shape index (κ1) is 51.2. The molecule has 0 spiro atoms. The molecule has 10 aromatic rings. The van der Waals surface area contributed by atoms with E-state index in [-0.39, 0.29) is 39.2 Å². The van der Waals surface area contributed by atoms with E-state index in [1.54, 1.807) is 0 Å². The summed E-state index contributed by atoms with van der Waals surface area (Å²) in [6.07, 6.45) is 4.64. The third-order valence-corrected chi connectivity index (χ3v) is 20.7. The number of furan rings is 1. The SMILES string of the molecule is CC(C)(C)c1ccc2c(c1)B1c3sc4cc5c(cc4c3N(c3ccc4c(c3)C(C)(C)CCC4(C)C)c3cc(N(c4ccccc4)c4ccccc4)cc(c31)N2c1cccc2oc3cc(C(C)(C)C)ccc3c12)C(C)(C)CCC5(C)C. The van der Waals surface area contributed by atoms with Gasteiger partial charge in [0.15, 0.2) is 0 Å². The van der Waals surface area contributed by atoms with Gasteiger partial charge in [-0.2, -0.15) is 0 Å². The molecule has 2 aliphatic carbocycles. The van der Waals surface area contributed by atoms with Crippen molar-refractivity contribution in [1.29, 1.82) is 0 Å². The minimum absolute atomic E-state index is 0.00486. The van der Waals surface area contributed by atoms with Crippen LogP contribution in [0, 0.1) is 0 Å². The summed E-state index contributed by atoms with van der Waals surface area (Å²) in [7, 11) is 0. The van der Waals surface area contributed by atoms with Gasteiger partial charge in [-0.05, 0) is 187 Å². The van der Waals surface area contributed by atoms with Crippen molar-refractivity contribution in [3.8, 4) is 0 Å². The van der Waals surface area contributed by atoms with Crippen LogP contribution in [0.5, 0.6) is 0 Å². The minimum Gasteiger partial charge on any atom is -0.456 e. The molecule has 0 fully saturated rings. The molecular weight excluding hydrogens is 990 g/mol. The van der Waals surface area contributed by atoms with Crippen molar-refractivity contribution in [3.63, 3.8) is 0 Å². The molecule has 14 rings (SSSR count). The second kappa shape index (κ2) is 17.3. The molecule has 4 nitrogen and oxygen atoms in total. The Morgan fingerprint density at radius 1 is 0.463 bits per heavy atom. The number of anilines is 9. The molecule has 0 bridgehead atoms. The van der Waals surface area contributed by atoms with Crippen molar-refractivity contribution in [2.24, 2.45) is 0 Å². The highest BCUT2D eigenvalue weighted by atomic mass is 32.1. The number of fused-ring (bicyclic) bond motifs is 11. The third kappa shape index (κ3) is 7.74. The minimum atomic E-state index is -0.0894. The van der Waals surface area contributed by atoms with Crippen LogP contribution in [0.1, 0.15) is 156 Å². The number of benzene rings is 8. The molecule has 2 aliphatic heterocycles. The molecule has 2 aromatic heterocycles. The molecule has 0 radical (unpaired) electrons. The van der Waals surface area contributed by atoms with Gasteiger partial charge in [0.1, 0.15) is 11.2 Å². The Hall–Kier alpha value is -7.02. The number of para-hydroxylation sites is 2. The molecule has 0 amide bonds. The monoisotopic (exact) mass is 1070 g/mol. The standard InChI is InChI=1S/C74H76BN3OS/c1-69(2,3)45-29-33-58-57(38-45)75-66-60(77(49-30-32-53-54(40-49)72(9,10)35-34-71(53,7)8)67-52-43-55-56(44-64(52)80-68(67)75)74(13,14)37-36-73(55,11)12)41-50(76(47-22-17-15-18-23-47)48-24-19-16-20-25-48)42-61(66)78(58)59-26-21-27-62-65(59)51-31-28-46(70(4,5)6)39-63(51)79-62/h15-33,38-44H,34-37H2,1-14H3. The maximum Gasteiger partial charge on any atom is 0.264 e. The zero-order valence-electron chi connectivity index (χ0n) is 49.6. The smallest absolute Gasteiger partial charge is 0.264 e. The summed E-state index contributed by atoms with van der Waals surface area (Å²) in [5.41, 5.74) is 23.6. The molecule has 0 atom stereocenters. The van der Waals surface area contributed by atoms with E-state index in [0.29, 0.717) is 0 Å². The van der Waals surface area contributed by atoms with Gasteiger partial charge in [0.05, 0.1) is 22.4 Å². The highest BCUT2D eigenvalue weighted by molar-refractivity contribution is 7.33. The van der Waals surface area contributed by atoms with Crippen molar-refractivity contribution in [1.82, 2.24) is 0 Å². The van der Waals surface area contributed by atoms with E-state index < -0.39 is 0 Å². The molecular formula is C74H76BN3OS. The fourth-order valence-electron chi connectivity index (χ4n) is 14.4. The van der Waals surface area contributed by atoms with E-state index in [1.165, 1.54) is 100 Å². The van der Waals surface area contributed by atoms with Crippen molar-refractivity contribution in [2.45, 2.75) is 155 Å². The zero-order valence-corrected chi connectivity index (χ0v) is 50.4. The van der Waals surface area contributed by atoms with E-state index in [1.807, 2.05) is 11.3 Å². The number of thiophene rings is 1. The van der Waals surface area contributed by atoms with Gasteiger partial charge in [-0.1, -0.05) is 170 Å². The topological polar surface area (TPSA) is 22.9 Å². The molecule has 4 aliphatic rings. The number of rotatable bonds is 5. The maximum absolute atomic E-state index is 6.98. The summed E-state index contributed by atoms with van der Waals surface area (Å²) in [5, 5.41) is 3.61. The van der Waals surface area contributed by atoms with Gasteiger partial charge < -0.3 is 19.1 Å². The predicted molar refractivity (Wildman–Crippen MR) is 346 cm³/mol. The average molecular weight is 1070 g/mol. The number of nitrogens with zero attached hydrogens (tertiary/aromatic N) is 3. The summed E-state index contributed by atoms with van der Waals surface area (Å²) in [6.45, 7) is 33.7. The van der Waals surface area contributed by atoms with Gasteiger partial charge in [-0.25, -0.2) is 0 Å². The predicted octanol–water partition coefficient (Wildman–Crippen LogP) is 19.6. The van der Waals surface area contributed by atoms with E-state index in [2.05, 4.69) is 269 Å². The van der Waals surface area contributed by atoms with Gasteiger partial charge >= 0.3 is 0 Å². The first-order valence-electron chi connectivity index (χ1n) is 29.4. The lowest BCUT2D eigenvalue weighted by atomic mass is 9.36. The summed E-state index contributed by atoms with van der Waals surface area (Å²) in [4.78, 5) is 7.84. The second-order valence-corrected chi connectivity index (χ2v) is 29.8. The third-order valence-electron chi connectivity index (χ3n) is 19.4. The fourth-order valence-corrected chi connectivity index (χ4v) is 15.8. The first-order chi connectivity index (χ1) is 37.9. The van der Waals surface area contributed by atoms with Crippen LogP contribution < -0.4 is 30.4 Å². The quantitative estimate of drug-likeness (QED) is 0.160. The summed E-state index contributed by atoms with van der Waals surface area (Å²) < 4.78 is 9.76. The van der Waals surface area contributed by atoms with E-state index in [0.717, 1.165) is 57.5 Å². The van der Waals surface area contributed by atoms with E-state index in [4.69, 9.17) is 4.42 Å². The Balaban J connectivity index is 1.16. The summed E-state index contributed by atoms with van der Waals surface area (Å²) in [5.74, 6) is 0. The Bertz CT molecular complexity index is 4140. The molecule has 0 saturated carbocycles. The van der Waals surface area contributed by atoms with Gasteiger partial charge in [0, 0.05) is 54.4 Å². The van der Waals surface area contributed by atoms with Gasteiger partial charge in [0.2, 0.25) is 0 Å². The Labute approximate surface area is 479 Å². The molecule has 0 saturated heterocycles. The highest BCUT2D eigenvalue weighted by Gasteiger charge is 2.48. The van der Waals surface area contributed by atoms with Crippen LogP contribution >= 0.6 is 11.3 Å². The maximum atomic E-state index is 6.98. The summed E-state index contributed by atoms with van der Waals surface area (Å²) >= 11 is 2.04. The Morgan fingerprint density at radius 3 is 1.65 bits per heavy atom. The van der Waals surface area contributed by atoms with E-state index in [9.17, 15) is 0 Å². The van der Waals surface area contributed by atoms with Crippen LogP contribution in [0.15, 0.2) is 162 Å².